The molecule has 3 nitrogen and oxygen atoms in total. The summed E-state index contributed by atoms with van der Waals surface area (Å²) in [5, 5.41) is 11.7. The van der Waals surface area contributed by atoms with E-state index in [4.69, 9.17) is 4.74 Å². The van der Waals surface area contributed by atoms with Crippen LogP contribution in [0.3, 0.4) is 0 Å². The van der Waals surface area contributed by atoms with E-state index in [9.17, 15) is 5.21 Å². The molecule has 4 rings (SSSR count). The lowest BCUT2D eigenvalue weighted by atomic mass is 9.81. The monoisotopic (exact) mass is 307 g/mol. The molecule has 118 valence electrons. The molecule has 3 heteroatoms. The van der Waals surface area contributed by atoms with E-state index in [0.29, 0.717) is 13.1 Å². The van der Waals surface area contributed by atoms with Crippen molar-refractivity contribution in [2.75, 3.05) is 0 Å². The fourth-order valence-corrected chi connectivity index (χ4v) is 3.88. The zero-order valence-electron chi connectivity index (χ0n) is 13.5. The summed E-state index contributed by atoms with van der Waals surface area (Å²) in [4.78, 5) is 0. The molecule has 2 aliphatic rings. The first-order valence-electron chi connectivity index (χ1n) is 8.01. The number of hydrogen-bond donors (Lipinski definition) is 1. The molecule has 0 aromatic heterocycles. The van der Waals surface area contributed by atoms with E-state index in [1.165, 1.54) is 16.2 Å². The van der Waals surface area contributed by atoms with Crippen LogP contribution in [0.15, 0.2) is 60.7 Å². The molecule has 0 saturated carbocycles. The first-order chi connectivity index (χ1) is 11.0. The van der Waals surface area contributed by atoms with Gasteiger partial charge in [0.2, 0.25) is 0 Å². The summed E-state index contributed by atoms with van der Waals surface area (Å²) in [5.74, 6) is 0. The van der Waals surface area contributed by atoms with Gasteiger partial charge in [-0.05, 0) is 48.3 Å². The van der Waals surface area contributed by atoms with E-state index in [1.54, 1.807) is 0 Å². The molecule has 2 aromatic carbocycles. The first kappa shape index (κ1) is 14.6. The predicted molar refractivity (Wildman–Crippen MR) is 88.8 cm³/mol. The maximum absolute atomic E-state index is 10.4. The Bertz CT molecular complexity index is 770. The minimum absolute atomic E-state index is 0.334. The standard InChI is InChI=1S/C20H21NO2/c1-19-11-12-20(2,23-19)18-16(9-6-10-17(18)19)14-21(22)13-15-7-4-3-5-8-15/h3-12,22H,13-14H2,1-2H3. The fourth-order valence-electron chi connectivity index (χ4n) is 3.88. The van der Waals surface area contributed by atoms with Crippen molar-refractivity contribution in [3.05, 3.63) is 82.9 Å². The van der Waals surface area contributed by atoms with Crippen molar-refractivity contribution in [2.24, 2.45) is 0 Å². The summed E-state index contributed by atoms with van der Waals surface area (Å²) < 4.78 is 6.25. The number of ether oxygens (including phenoxy) is 1. The summed E-state index contributed by atoms with van der Waals surface area (Å²) in [6.07, 6.45) is 4.28. The summed E-state index contributed by atoms with van der Waals surface area (Å²) >= 11 is 0. The lowest BCUT2D eigenvalue weighted by Crippen LogP contribution is -2.23. The Morgan fingerprint density at radius 3 is 2.43 bits per heavy atom. The van der Waals surface area contributed by atoms with Crippen LogP contribution >= 0.6 is 0 Å². The molecule has 2 bridgehead atoms. The molecule has 0 radical (unpaired) electrons. The molecular weight excluding hydrogens is 286 g/mol. The van der Waals surface area contributed by atoms with Gasteiger partial charge in [-0.15, -0.1) is 0 Å². The molecule has 2 aliphatic heterocycles. The summed E-state index contributed by atoms with van der Waals surface area (Å²) in [6, 6.07) is 16.3. The van der Waals surface area contributed by atoms with Crippen LogP contribution in [-0.4, -0.2) is 10.3 Å². The third-order valence-electron chi connectivity index (χ3n) is 4.89. The molecule has 23 heavy (non-hydrogen) atoms. The Hall–Kier alpha value is -1.94. The second-order valence-electron chi connectivity index (χ2n) is 6.80. The number of hydrogen-bond acceptors (Lipinski definition) is 3. The van der Waals surface area contributed by atoms with Crippen LogP contribution in [0.1, 0.15) is 36.1 Å². The molecule has 2 atom stereocenters. The normalized spacial score (nSPS) is 27.7. The van der Waals surface area contributed by atoms with Crippen molar-refractivity contribution >= 4 is 0 Å². The Morgan fingerprint density at radius 1 is 0.913 bits per heavy atom. The van der Waals surface area contributed by atoms with Crippen LogP contribution in [0.2, 0.25) is 0 Å². The molecule has 2 aromatic rings. The van der Waals surface area contributed by atoms with Crippen molar-refractivity contribution in [3.8, 4) is 0 Å². The number of fused-ring (bicyclic) bond motifs is 5. The zero-order valence-corrected chi connectivity index (χ0v) is 13.5. The van der Waals surface area contributed by atoms with Gasteiger partial charge in [-0.2, -0.15) is 5.06 Å². The van der Waals surface area contributed by atoms with E-state index >= 15 is 0 Å². The van der Waals surface area contributed by atoms with Crippen molar-refractivity contribution in [1.29, 1.82) is 0 Å². The third kappa shape index (κ3) is 2.32. The zero-order chi connectivity index (χ0) is 16.1. The average molecular weight is 307 g/mol. The largest absolute Gasteiger partial charge is 0.351 e. The third-order valence-corrected chi connectivity index (χ3v) is 4.89. The van der Waals surface area contributed by atoms with Gasteiger partial charge < -0.3 is 9.94 Å². The predicted octanol–water partition coefficient (Wildman–Crippen LogP) is 4.11. The van der Waals surface area contributed by atoms with Gasteiger partial charge in [0, 0.05) is 13.1 Å². The maximum Gasteiger partial charge on any atom is 0.111 e. The molecule has 0 saturated heterocycles. The molecule has 0 fully saturated rings. The number of benzene rings is 2. The van der Waals surface area contributed by atoms with Gasteiger partial charge in [-0.3, -0.25) is 0 Å². The first-order valence-corrected chi connectivity index (χ1v) is 8.01. The van der Waals surface area contributed by atoms with Gasteiger partial charge in [0.05, 0.1) is 0 Å². The Morgan fingerprint density at radius 2 is 1.65 bits per heavy atom. The fraction of sp³-hybridized carbons (Fsp3) is 0.300. The van der Waals surface area contributed by atoms with Gasteiger partial charge in [0.25, 0.3) is 0 Å². The van der Waals surface area contributed by atoms with Gasteiger partial charge in [0.15, 0.2) is 0 Å². The van der Waals surface area contributed by atoms with Crippen molar-refractivity contribution in [3.63, 3.8) is 0 Å². The van der Waals surface area contributed by atoms with Crippen LogP contribution in [0.4, 0.5) is 0 Å². The van der Waals surface area contributed by atoms with Crippen molar-refractivity contribution in [2.45, 2.75) is 38.1 Å². The molecule has 0 amide bonds. The van der Waals surface area contributed by atoms with E-state index in [-0.39, 0.29) is 11.2 Å². The van der Waals surface area contributed by atoms with Crippen LogP contribution in [0, 0.1) is 0 Å². The van der Waals surface area contributed by atoms with Crippen molar-refractivity contribution < 1.29 is 9.94 Å². The van der Waals surface area contributed by atoms with E-state index in [0.717, 1.165) is 11.1 Å². The van der Waals surface area contributed by atoms with E-state index < -0.39 is 0 Å². The van der Waals surface area contributed by atoms with Crippen LogP contribution in [0.5, 0.6) is 0 Å². The highest BCUT2D eigenvalue weighted by Crippen LogP contribution is 2.54. The number of rotatable bonds is 4. The quantitative estimate of drug-likeness (QED) is 0.681. The minimum atomic E-state index is -0.381. The molecule has 0 spiro atoms. The second kappa shape index (κ2) is 5.03. The molecule has 2 heterocycles. The SMILES string of the molecule is CC12C=CC(C)(O1)c1c(CN(O)Cc3ccccc3)cccc12. The van der Waals surface area contributed by atoms with Gasteiger partial charge >= 0.3 is 0 Å². The Kier molecular flexibility index (Phi) is 3.20. The van der Waals surface area contributed by atoms with Crippen LogP contribution in [-0.2, 0) is 29.0 Å². The highest BCUT2D eigenvalue weighted by molar-refractivity contribution is 5.53. The topological polar surface area (TPSA) is 32.7 Å². The maximum atomic E-state index is 10.4. The second-order valence-corrected chi connectivity index (χ2v) is 6.80. The molecule has 1 N–H and O–H groups in total. The Balaban J connectivity index is 1.62. The summed E-state index contributed by atoms with van der Waals surface area (Å²) in [7, 11) is 0. The average Bonchev–Trinajstić information content (AvgIpc) is 2.96. The number of hydroxylamine groups is 2. The number of nitrogens with zero attached hydrogens (tertiary/aromatic N) is 1. The van der Waals surface area contributed by atoms with Crippen molar-refractivity contribution in [1.82, 2.24) is 5.06 Å². The minimum Gasteiger partial charge on any atom is -0.351 e. The molecular formula is C20H21NO2. The highest BCUT2D eigenvalue weighted by atomic mass is 16.5. The Labute approximate surface area is 136 Å². The van der Waals surface area contributed by atoms with E-state index in [2.05, 4.69) is 44.2 Å². The lowest BCUT2D eigenvalue weighted by Gasteiger charge is -2.24. The van der Waals surface area contributed by atoms with Crippen LogP contribution in [0.25, 0.3) is 0 Å². The summed E-state index contributed by atoms with van der Waals surface area (Å²) in [5.41, 5.74) is 3.92. The molecule has 0 aliphatic carbocycles. The smallest absolute Gasteiger partial charge is 0.111 e. The van der Waals surface area contributed by atoms with Crippen LogP contribution < -0.4 is 0 Å². The van der Waals surface area contributed by atoms with Gasteiger partial charge in [-0.25, -0.2) is 0 Å². The highest BCUT2D eigenvalue weighted by Gasteiger charge is 2.51. The van der Waals surface area contributed by atoms with E-state index in [1.807, 2.05) is 30.3 Å². The summed E-state index contributed by atoms with van der Waals surface area (Å²) in [6.45, 7) is 5.20. The molecule has 2 unspecified atom stereocenters. The van der Waals surface area contributed by atoms with Gasteiger partial charge in [0.1, 0.15) is 11.2 Å². The van der Waals surface area contributed by atoms with Gasteiger partial charge in [-0.1, -0.05) is 48.5 Å². The lowest BCUT2D eigenvalue weighted by molar-refractivity contribution is -0.109.